The molecule has 150 valence electrons. The zero-order valence-corrected chi connectivity index (χ0v) is 16.6. The molecule has 0 saturated carbocycles. The fraction of sp³-hybridized carbons (Fsp3) is 0.737. The standard InChI is InChI=1S/C19H31N5O3/c1-14(2)18(25)22-7-8-24-17(12-22)9-16(21-24)10-20-19(26)23-6-4-5-15(11-23)13-27-3/h9,14-15H,4-8,10-13H2,1-3H3,(H,20,26)/t15-/m0/s1. The molecule has 0 radical (unpaired) electrons. The first kappa shape index (κ1) is 19.7. The van der Waals surface area contributed by atoms with Crippen molar-refractivity contribution in [1.82, 2.24) is 24.9 Å². The van der Waals surface area contributed by atoms with E-state index in [1.165, 1.54) is 0 Å². The minimum Gasteiger partial charge on any atom is -0.384 e. The van der Waals surface area contributed by atoms with Gasteiger partial charge < -0.3 is 19.9 Å². The second kappa shape index (κ2) is 8.73. The molecule has 0 aliphatic carbocycles. The number of nitrogens with zero attached hydrogens (tertiary/aromatic N) is 4. The fourth-order valence-electron chi connectivity index (χ4n) is 3.86. The van der Waals surface area contributed by atoms with Gasteiger partial charge in [0.15, 0.2) is 0 Å². The van der Waals surface area contributed by atoms with E-state index < -0.39 is 0 Å². The molecule has 1 atom stereocenters. The zero-order valence-electron chi connectivity index (χ0n) is 16.6. The Balaban J connectivity index is 1.52. The van der Waals surface area contributed by atoms with Gasteiger partial charge in [-0.05, 0) is 18.9 Å². The van der Waals surface area contributed by atoms with Crippen LogP contribution in [0.4, 0.5) is 4.79 Å². The van der Waals surface area contributed by atoms with Crippen LogP contribution in [0, 0.1) is 11.8 Å². The lowest BCUT2D eigenvalue weighted by atomic mass is 9.99. The number of methoxy groups -OCH3 is 1. The lowest BCUT2D eigenvalue weighted by Gasteiger charge is -2.32. The van der Waals surface area contributed by atoms with E-state index in [1.807, 2.05) is 34.4 Å². The summed E-state index contributed by atoms with van der Waals surface area (Å²) in [5.74, 6) is 0.594. The van der Waals surface area contributed by atoms with Crippen molar-refractivity contribution in [1.29, 1.82) is 0 Å². The molecule has 3 heterocycles. The number of hydrogen-bond acceptors (Lipinski definition) is 4. The molecule has 0 unspecified atom stereocenters. The van der Waals surface area contributed by atoms with Crippen molar-refractivity contribution in [3.8, 4) is 0 Å². The number of nitrogens with one attached hydrogen (secondary N) is 1. The van der Waals surface area contributed by atoms with Crippen molar-refractivity contribution in [3.05, 3.63) is 17.5 Å². The number of aromatic nitrogens is 2. The Hall–Kier alpha value is -2.09. The quantitative estimate of drug-likeness (QED) is 0.842. The van der Waals surface area contributed by atoms with Gasteiger partial charge in [-0.2, -0.15) is 5.10 Å². The predicted octanol–water partition coefficient (Wildman–Crippen LogP) is 1.45. The number of piperidine rings is 1. The maximum atomic E-state index is 12.5. The topological polar surface area (TPSA) is 79.7 Å². The van der Waals surface area contributed by atoms with Gasteiger partial charge in [0.25, 0.3) is 0 Å². The van der Waals surface area contributed by atoms with Crippen LogP contribution in [-0.2, 0) is 29.2 Å². The zero-order chi connectivity index (χ0) is 19.4. The van der Waals surface area contributed by atoms with E-state index in [4.69, 9.17) is 4.74 Å². The number of urea groups is 1. The van der Waals surface area contributed by atoms with Gasteiger partial charge >= 0.3 is 6.03 Å². The molecular formula is C19H31N5O3. The smallest absolute Gasteiger partial charge is 0.317 e. The highest BCUT2D eigenvalue weighted by Gasteiger charge is 2.25. The van der Waals surface area contributed by atoms with Gasteiger partial charge in [-0.3, -0.25) is 9.48 Å². The van der Waals surface area contributed by atoms with Crippen LogP contribution in [0.25, 0.3) is 0 Å². The SMILES string of the molecule is COC[C@H]1CCCN(C(=O)NCc2cc3n(n2)CCN(C(=O)C(C)C)C3)C1. The molecule has 1 N–H and O–H groups in total. The molecule has 1 fully saturated rings. The summed E-state index contributed by atoms with van der Waals surface area (Å²) in [6, 6.07) is 1.95. The Morgan fingerprint density at radius 1 is 1.30 bits per heavy atom. The maximum Gasteiger partial charge on any atom is 0.317 e. The second-order valence-electron chi connectivity index (χ2n) is 7.83. The first-order valence-corrected chi connectivity index (χ1v) is 9.84. The summed E-state index contributed by atoms with van der Waals surface area (Å²) in [5.41, 5.74) is 1.86. The number of ether oxygens (including phenoxy) is 1. The summed E-state index contributed by atoms with van der Waals surface area (Å²) in [7, 11) is 1.70. The molecular weight excluding hydrogens is 346 g/mol. The highest BCUT2D eigenvalue weighted by atomic mass is 16.5. The highest BCUT2D eigenvalue weighted by Crippen LogP contribution is 2.18. The van der Waals surface area contributed by atoms with Crippen LogP contribution in [0.2, 0.25) is 0 Å². The number of amides is 3. The van der Waals surface area contributed by atoms with Crippen molar-refractivity contribution in [2.75, 3.05) is 33.4 Å². The number of hydrogen-bond donors (Lipinski definition) is 1. The van der Waals surface area contributed by atoms with E-state index in [-0.39, 0.29) is 17.9 Å². The van der Waals surface area contributed by atoms with Gasteiger partial charge in [0.2, 0.25) is 5.91 Å². The van der Waals surface area contributed by atoms with E-state index in [1.54, 1.807) is 7.11 Å². The fourth-order valence-corrected chi connectivity index (χ4v) is 3.86. The Labute approximate surface area is 160 Å². The van der Waals surface area contributed by atoms with Crippen molar-refractivity contribution in [3.63, 3.8) is 0 Å². The molecule has 2 aliphatic heterocycles. The van der Waals surface area contributed by atoms with Gasteiger partial charge in [0.1, 0.15) is 0 Å². The molecule has 8 heteroatoms. The summed E-state index contributed by atoms with van der Waals surface area (Å²) in [4.78, 5) is 28.4. The van der Waals surface area contributed by atoms with Crippen LogP contribution < -0.4 is 5.32 Å². The van der Waals surface area contributed by atoms with Crippen LogP contribution in [0.5, 0.6) is 0 Å². The van der Waals surface area contributed by atoms with Crippen LogP contribution >= 0.6 is 0 Å². The predicted molar refractivity (Wildman–Crippen MR) is 101 cm³/mol. The third kappa shape index (κ3) is 4.80. The van der Waals surface area contributed by atoms with E-state index in [2.05, 4.69) is 10.4 Å². The van der Waals surface area contributed by atoms with Gasteiger partial charge in [-0.15, -0.1) is 0 Å². The Kier molecular flexibility index (Phi) is 6.36. The van der Waals surface area contributed by atoms with Crippen molar-refractivity contribution >= 4 is 11.9 Å². The third-order valence-corrected chi connectivity index (χ3v) is 5.28. The van der Waals surface area contributed by atoms with E-state index in [0.717, 1.165) is 37.3 Å². The molecule has 0 bridgehead atoms. The first-order valence-electron chi connectivity index (χ1n) is 9.84. The number of carbonyl (C=O) groups excluding carboxylic acids is 2. The summed E-state index contributed by atoms with van der Waals surface area (Å²) >= 11 is 0. The first-order chi connectivity index (χ1) is 13.0. The van der Waals surface area contributed by atoms with Crippen molar-refractivity contribution in [2.45, 2.75) is 46.3 Å². The largest absolute Gasteiger partial charge is 0.384 e. The normalized spacial score (nSPS) is 19.9. The Bertz CT molecular complexity index is 670. The van der Waals surface area contributed by atoms with Crippen molar-refractivity contribution < 1.29 is 14.3 Å². The molecule has 2 aliphatic rings. The van der Waals surface area contributed by atoms with Crippen molar-refractivity contribution in [2.24, 2.45) is 11.8 Å². The summed E-state index contributed by atoms with van der Waals surface area (Å²) in [6.45, 7) is 8.46. The maximum absolute atomic E-state index is 12.5. The average molecular weight is 377 g/mol. The van der Waals surface area contributed by atoms with Crippen LogP contribution in [-0.4, -0.2) is 64.9 Å². The summed E-state index contributed by atoms with van der Waals surface area (Å²) in [5, 5.41) is 7.56. The van der Waals surface area contributed by atoms with Crippen LogP contribution in [0.15, 0.2) is 6.07 Å². The molecule has 3 rings (SSSR count). The minimum absolute atomic E-state index is 0.00436. The van der Waals surface area contributed by atoms with Gasteiger partial charge in [-0.1, -0.05) is 13.8 Å². The minimum atomic E-state index is -0.0432. The highest BCUT2D eigenvalue weighted by molar-refractivity contribution is 5.78. The van der Waals surface area contributed by atoms with E-state index in [0.29, 0.717) is 38.7 Å². The van der Waals surface area contributed by atoms with Gasteiger partial charge in [0.05, 0.1) is 37.6 Å². The number of rotatable bonds is 5. The van der Waals surface area contributed by atoms with E-state index in [9.17, 15) is 9.59 Å². The molecule has 1 saturated heterocycles. The Morgan fingerprint density at radius 2 is 2.11 bits per heavy atom. The van der Waals surface area contributed by atoms with E-state index >= 15 is 0 Å². The lowest BCUT2D eigenvalue weighted by molar-refractivity contribution is -0.136. The van der Waals surface area contributed by atoms with Crippen LogP contribution in [0.3, 0.4) is 0 Å². The molecule has 0 aromatic carbocycles. The second-order valence-corrected chi connectivity index (χ2v) is 7.83. The monoisotopic (exact) mass is 377 g/mol. The number of fused-ring (bicyclic) bond motifs is 1. The summed E-state index contributed by atoms with van der Waals surface area (Å²) in [6.07, 6.45) is 2.12. The molecule has 3 amide bonds. The van der Waals surface area contributed by atoms with Crippen LogP contribution in [0.1, 0.15) is 38.1 Å². The number of likely N-dealkylation sites (tertiary alicyclic amines) is 1. The molecule has 1 aromatic heterocycles. The molecule has 27 heavy (non-hydrogen) atoms. The average Bonchev–Trinajstić information content (AvgIpc) is 3.08. The number of carbonyl (C=O) groups is 2. The van der Waals surface area contributed by atoms with Gasteiger partial charge in [-0.25, -0.2) is 4.79 Å². The summed E-state index contributed by atoms with van der Waals surface area (Å²) < 4.78 is 7.17. The molecule has 8 nitrogen and oxygen atoms in total. The Morgan fingerprint density at radius 3 is 2.85 bits per heavy atom. The molecule has 1 aromatic rings. The third-order valence-electron chi connectivity index (χ3n) is 5.28. The van der Waals surface area contributed by atoms with Gasteiger partial charge in [0, 0.05) is 38.6 Å². The molecule has 0 spiro atoms. The lowest BCUT2D eigenvalue weighted by Crippen LogP contribution is -2.46.